The van der Waals surface area contributed by atoms with E-state index < -0.39 is 0 Å². The fourth-order valence-corrected chi connectivity index (χ4v) is 2.91. The topological polar surface area (TPSA) is 72.5 Å². The summed E-state index contributed by atoms with van der Waals surface area (Å²) in [6.45, 7) is 2.15. The van der Waals surface area contributed by atoms with E-state index in [1.165, 1.54) is 6.20 Å². The number of fused-ring (bicyclic) bond motifs is 1. The van der Waals surface area contributed by atoms with E-state index in [0.29, 0.717) is 33.6 Å². The number of nitrogens with zero attached hydrogens (tertiary/aromatic N) is 1. The smallest absolute Gasteiger partial charge is 0.257 e. The van der Waals surface area contributed by atoms with Gasteiger partial charge in [0.2, 0.25) is 6.79 Å². The second kappa shape index (κ2) is 7.17. The van der Waals surface area contributed by atoms with E-state index in [9.17, 15) is 4.79 Å². The van der Waals surface area contributed by atoms with Gasteiger partial charge in [-0.05, 0) is 55.0 Å². The Morgan fingerprint density at radius 1 is 1.07 bits per heavy atom. The van der Waals surface area contributed by atoms with Crippen molar-refractivity contribution in [3.63, 3.8) is 0 Å². The molecule has 7 heteroatoms. The fourth-order valence-electron chi connectivity index (χ4n) is 2.68. The van der Waals surface area contributed by atoms with Crippen LogP contribution in [0, 0.1) is 6.92 Å². The number of aromatic nitrogens is 1. The molecule has 2 aromatic carbocycles. The zero-order chi connectivity index (χ0) is 18.8. The summed E-state index contributed by atoms with van der Waals surface area (Å²) < 4.78 is 10.6. The Morgan fingerprint density at radius 2 is 1.93 bits per heavy atom. The van der Waals surface area contributed by atoms with Gasteiger partial charge in [0.1, 0.15) is 5.82 Å². The van der Waals surface area contributed by atoms with E-state index in [1.807, 2.05) is 25.1 Å². The highest BCUT2D eigenvalue weighted by Crippen LogP contribution is 2.34. The van der Waals surface area contributed by atoms with Crippen molar-refractivity contribution in [2.75, 3.05) is 17.4 Å². The fraction of sp³-hybridized carbons (Fsp3) is 0.100. The molecule has 4 rings (SSSR count). The van der Waals surface area contributed by atoms with Crippen molar-refractivity contribution in [3.05, 3.63) is 70.9 Å². The van der Waals surface area contributed by atoms with Gasteiger partial charge in [0.05, 0.1) is 5.56 Å². The Morgan fingerprint density at radius 3 is 2.70 bits per heavy atom. The number of rotatable bonds is 4. The first kappa shape index (κ1) is 17.2. The second-order valence-corrected chi connectivity index (χ2v) is 6.47. The van der Waals surface area contributed by atoms with Gasteiger partial charge >= 0.3 is 0 Å². The van der Waals surface area contributed by atoms with Gasteiger partial charge in [-0.2, -0.15) is 0 Å². The van der Waals surface area contributed by atoms with Crippen molar-refractivity contribution < 1.29 is 14.3 Å². The van der Waals surface area contributed by atoms with E-state index in [-0.39, 0.29) is 12.7 Å². The number of carbonyl (C=O) groups is 1. The molecule has 2 heterocycles. The zero-order valence-corrected chi connectivity index (χ0v) is 15.2. The maximum absolute atomic E-state index is 12.4. The number of benzene rings is 2. The number of ether oxygens (including phenoxy) is 2. The predicted molar refractivity (Wildman–Crippen MR) is 104 cm³/mol. The summed E-state index contributed by atoms with van der Waals surface area (Å²) in [4.78, 5) is 16.7. The van der Waals surface area contributed by atoms with Crippen molar-refractivity contribution in [3.8, 4) is 11.5 Å². The van der Waals surface area contributed by atoms with Gasteiger partial charge in [-0.3, -0.25) is 4.79 Å². The lowest BCUT2D eigenvalue weighted by Crippen LogP contribution is -2.12. The third-order valence-corrected chi connectivity index (χ3v) is 4.34. The van der Waals surface area contributed by atoms with Crippen LogP contribution in [-0.4, -0.2) is 17.7 Å². The van der Waals surface area contributed by atoms with Gasteiger partial charge in [0, 0.05) is 28.7 Å². The molecule has 0 atom stereocenters. The van der Waals surface area contributed by atoms with E-state index in [0.717, 1.165) is 11.3 Å². The van der Waals surface area contributed by atoms with Crippen molar-refractivity contribution in [2.24, 2.45) is 0 Å². The lowest BCUT2D eigenvalue weighted by atomic mass is 10.2. The SMILES string of the molecule is Cc1cc(Cl)ccc1Nc1ccc(C(=O)Nc2ccc3c(c2)OCO3)cn1. The molecule has 1 amide bonds. The molecule has 0 unspecified atom stereocenters. The third kappa shape index (κ3) is 3.80. The first-order valence-corrected chi connectivity index (χ1v) is 8.66. The Bertz CT molecular complexity index is 1010. The molecule has 6 nitrogen and oxygen atoms in total. The third-order valence-electron chi connectivity index (χ3n) is 4.11. The molecule has 27 heavy (non-hydrogen) atoms. The Hall–Kier alpha value is -3.25. The van der Waals surface area contributed by atoms with Crippen LogP contribution in [0.3, 0.4) is 0 Å². The molecule has 2 N–H and O–H groups in total. The molecule has 1 aliphatic heterocycles. The van der Waals surface area contributed by atoms with Gasteiger partial charge in [0.15, 0.2) is 11.5 Å². The summed E-state index contributed by atoms with van der Waals surface area (Å²) in [6.07, 6.45) is 1.52. The largest absolute Gasteiger partial charge is 0.454 e. The number of pyridine rings is 1. The van der Waals surface area contributed by atoms with E-state index in [1.54, 1.807) is 30.3 Å². The van der Waals surface area contributed by atoms with Crippen LogP contribution in [0.15, 0.2) is 54.7 Å². The molecule has 0 saturated heterocycles. The number of hydrogen-bond acceptors (Lipinski definition) is 5. The number of nitrogens with one attached hydrogen (secondary N) is 2. The number of halogens is 1. The lowest BCUT2D eigenvalue weighted by Gasteiger charge is -2.10. The number of aryl methyl sites for hydroxylation is 1. The Labute approximate surface area is 161 Å². The molecule has 0 spiro atoms. The maximum atomic E-state index is 12.4. The number of amides is 1. The van der Waals surface area contributed by atoms with Crippen molar-refractivity contribution in [1.82, 2.24) is 4.98 Å². The summed E-state index contributed by atoms with van der Waals surface area (Å²) in [5.74, 6) is 1.67. The summed E-state index contributed by atoms with van der Waals surface area (Å²) >= 11 is 5.97. The standard InChI is InChI=1S/C20H16ClN3O3/c1-12-8-14(21)3-5-16(12)24-19-7-2-13(10-22-19)20(25)23-15-4-6-17-18(9-15)27-11-26-17/h2-10H,11H2,1H3,(H,22,24)(H,23,25). The van der Waals surface area contributed by atoms with Gasteiger partial charge in [-0.15, -0.1) is 0 Å². The van der Waals surface area contributed by atoms with Crippen LogP contribution < -0.4 is 20.1 Å². The Balaban J connectivity index is 1.44. The van der Waals surface area contributed by atoms with Crippen LogP contribution in [-0.2, 0) is 0 Å². The summed E-state index contributed by atoms with van der Waals surface area (Å²) in [7, 11) is 0. The lowest BCUT2D eigenvalue weighted by molar-refractivity contribution is 0.102. The molecule has 1 aliphatic rings. The first-order chi connectivity index (χ1) is 13.1. The summed E-state index contributed by atoms with van der Waals surface area (Å²) in [6, 6.07) is 14.3. The van der Waals surface area contributed by atoms with Gasteiger partial charge in [-0.1, -0.05) is 11.6 Å². The van der Waals surface area contributed by atoms with Crippen molar-refractivity contribution in [2.45, 2.75) is 6.92 Å². The minimum atomic E-state index is -0.254. The highest BCUT2D eigenvalue weighted by atomic mass is 35.5. The van der Waals surface area contributed by atoms with Gasteiger partial charge in [0.25, 0.3) is 5.91 Å². The first-order valence-electron chi connectivity index (χ1n) is 8.29. The normalized spacial score (nSPS) is 11.9. The van der Waals surface area contributed by atoms with Gasteiger partial charge < -0.3 is 20.1 Å². The number of anilines is 3. The summed E-state index contributed by atoms with van der Waals surface area (Å²) in [5, 5.41) is 6.72. The van der Waals surface area contributed by atoms with Gasteiger partial charge in [-0.25, -0.2) is 4.98 Å². The number of hydrogen-bond donors (Lipinski definition) is 2. The monoisotopic (exact) mass is 381 g/mol. The predicted octanol–water partition coefficient (Wildman–Crippen LogP) is 4.77. The molecular formula is C20H16ClN3O3. The molecular weight excluding hydrogens is 366 g/mol. The molecule has 3 aromatic rings. The van der Waals surface area contributed by atoms with Crippen LogP contribution in [0.5, 0.6) is 11.5 Å². The highest BCUT2D eigenvalue weighted by molar-refractivity contribution is 6.30. The Kier molecular flexibility index (Phi) is 4.56. The maximum Gasteiger partial charge on any atom is 0.257 e. The minimum absolute atomic E-state index is 0.193. The van der Waals surface area contributed by atoms with Crippen LogP contribution in [0.4, 0.5) is 17.2 Å². The molecule has 1 aromatic heterocycles. The molecule has 0 saturated carbocycles. The quantitative estimate of drug-likeness (QED) is 0.681. The average molecular weight is 382 g/mol. The van der Waals surface area contributed by atoms with Crippen molar-refractivity contribution in [1.29, 1.82) is 0 Å². The molecule has 0 bridgehead atoms. The second-order valence-electron chi connectivity index (χ2n) is 6.04. The molecule has 136 valence electrons. The molecule has 0 radical (unpaired) electrons. The van der Waals surface area contributed by atoms with E-state index in [4.69, 9.17) is 21.1 Å². The summed E-state index contributed by atoms with van der Waals surface area (Å²) in [5.41, 5.74) is 2.99. The number of carbonyl (C=O) groups excluding carboxylic acids is 1. The van der Waals surface area contributed by atoms with Crippen LogP contribution in [0.1, 0.15) is 15.9 Å². The van der Waals surface area contributed by atoms with Crippen LogP contribution >= 0.6 is 11.6 Å². The average Bonchev–Trinajstić information content (AvgIpc) is 3.12. The van der Waals surface area contributed by atoms with E-state index in [2.05, 4.69) is 15.6 Å². The van der Waals surface area contributed by atoms with Crippen LogP contribution in [0.2, 0.25) is 5.02 Å². The highest BCUT2D eigenvalue weighted by Gasteiger charge is 2.15. The molecule has 0 fully saturated rings. The zero-order valence-electron chi connectivity index (χ0n) is 14.5. The molecule has 0 aliphatic carbocycles. The minimum Gasteiger partial charge on any atom is -0.454 e. The van der Waals surface area contributed by atoms with Crippen LogP contribution in [0.25, 0.3) is 0 Å². The van der Waals surface area contributed by atoms with Crippen molar-refractivity contribution >= 4 is 34.7 Å². The van der Waals surface area contributed by atoms with E-state index >= 15 is 0 Å².